The van der Waals surface area contributed by atoms with Crippen LogP contribution in [0.2, 0.25) is 0 Å². The van der Waals surface area contributed by atoms with Crippen LogP contribution in [0.25, 0.3) is 0 Å². The number of aliphatic imine (C=N–C) groups is 1. The van der Waals surface area contributed by atoms with E-state index in [9.17, 15) is 4.79 Å². The minimum absolute atomic E-state index is 0. The molecule has 2 aliphatic heterocycles. The van der Waals surface area contributed by atoms with Gasteiger partial charge < -0.3 is 20.4 Å². The molecule has 0 radical (unpaired) electrons. The molecule has 0 aliphatic carbocycles. The standard InChI is InChI=1S/C18H35N5O.HI/c1-19-17(24)14-16-7-12-23(13-8-16)18(20-2)21-9-4-15-5-10-22(3)11-6-15;/h15-16H,4-14H2,1-3H3,(H,19,24)(H,20,21);1H. The van der Waals surface area contributed by atoms with Crippen LogP contribution in [-0.2, 0) is 4.79 Å². The topological polar surface area (TPSA) is 60.0 Å². The van der Waals surface area contributed by atoms with Gasteiger partial charge in [-0.05, 0) is 64.1 Å². The molecule has 0 bridgehead atoms. The molecule has 0 unspecified atom stereocenters. The minimum Gasteiger partial charge on any atom is -0.359 e. The molecule has 2 saturated heterocycles. The summed E-state index contributed by atoms with van der Waals surface area (Å²) < 4.78 is 0. The largest absolute Gasteiger partial charge is 0.359 e. The van der Waals surface area contributed by atoms with Crippen molar-refractivity contribution in [2.45, 2.75) is 38.5 Å². The molecular weight excluding hydrogens is 429 g/mol. The van der Waals surface area contributed by atoms with Gasteiger partial charge in [0.2, 0.25) is 5.91 Å². The lowest BCUT2D eigenvalue weighted by atomic mass is 9.93. The van der Waals surface area contributed by atoms with E-state index in [0.29, 0.717) is 12.3 Å². The molecule has 2 aliphatic rings. The molecule has 7 heteroatoms. The van der Waals surface area contributed by atoms with Crippen LogP contribution < -0.4 is 10.6 Å². The van der Waals surface area contributed by atoms with Crippen molar-refractivity contribution < 1.29 is 4.79 Å². The minimum atomic E-state index is 0. The van der Waals surface area contributed by atoms with Gasteiger partial charge in [-0.15, -0.1) is 24.0 Å². The molecule has 0 spiro atoms. The Morgan fingerprint density at radius 2 is 1.68 bits per heavy atom. The Morgan fingerprint density at radius 1 is 1.08 bits per heavy atom. The number of piperidine rings is 2. The highest BCUT2D eigenvalue weighted by molar-refractivity contribution is 14.0. The van der Waals surface area contributed by atoms with Crippen LogP contribution in [0.15, 0.2) is 4.99 Å². The maximum absolute atomic E-state index is 11.5. The molecule has 1 amide bonds. The third-order valence-corrected chi connectivity index (χ3v) is 5.55. The smallest absolute Gasteiger partial charge is 0.220 e. The summed E-state index contributed by atoms with van der Waals surface area (Å²) in [4.78, 5) is 20.7. The third-order valence-electron chi connectivity index (χ3n) is 5.55. The fourth-order valence-corrected chi connectivity index (χ4v) is 3.78. The highest BCUT2D eigenvalue weighted by Crippen LogP contribution is 2.21. The van der Waals surface area contributed by atoms with Crippen LogP contribution in [0.5, 0.6) is 0 Å². The van der Waals surface area contributed by atoms with E-state index in [-0.39, 0.29) is 29.9 Å². The van der Waals surface area contributed by atoms with Crippen LogP contribution in [0.3, 0.4) is 0 Å². The summed E-state index contributed by atoms with van der Waals surface area (Å²) in [7, 11) is 5.80. The SMILES string of the molecule is CN=C(NCCC1CCN(C)CC1)N1CCC(CC(=O)NC)CC1.I. The van der Waals surface area contributed by atoms with E-state index in [0.717, 1.165) is 44.4 Å². The number of nitrogens with zero attached hydrogens (tertiary/aromatic N) is 3. The monoisotopic (exact) mass is 465 g/mol. The van der Waals surface area contributed by atoms with Gasteiger partial charge in [0, 0.05) is 40.2 Å². The summed E-state index contributed by atoms with van der Waals surface area (Å²) in [5.41, 5.74) is 0. The Labute approximate surface area is 170 Å². The number of guanidine groups is 1. The summed E-state index contributed by atoms with van der Waals surface area (Å²) in [6.45, 7) is 5.47. The third kappa shape index (κ3) is 7.68. The zero-order valence-corrected chi connectivity index (χ0v) is 18.4. The van der Waals surface area contributed by atoms with E-state index in [4.69, 9.17) is 0 Å². The second-order valence-electron chi connectivity index (χ2n) is 7.32. The zero-order valence-electron chi connectivity index (χ0n) is 16.1. The highest BCUT2D eigenvalue weighted by atomic mass is 127. The van der Waals surface area contributed by atoms with Crippen molar-refractivity contribution in [3.05, 3.63) is 0 Å². The van der Waals surface area contributed by atoms with Gasteiger partial charge in [0.05, 0.1) is 0 Å². The van der Waals surface area contributed by atoms with Crippen molar-refractivity contribution >= 4 is 35.8 Å². The molecule has 0 aromatic heterocycles. The highest BCUT2D eigenvalue weighted by Gasteiger charge is 2.23. The summed E-state index contributed by atoms with van der Waals surface area (Å²) in [5, 5.41) is 6.28. The summed E-state index contributed by atoms with van der Waals surface area (Å²) in [6, 6.07) is 0. The van der Waals surface area contributed by atoms with Crippen LogP contribution in [0.1, 0.15) is 38.5 Å². The van der Waals surface area contributed by atoms with Gasteiger partial charge in [-0.1, -0.05) is 0 Å². The molecule has 6 nitrogen and oxygen atoms in total. The maximum atomic E-state index is 11.5. The number of carbonyl (C=O) groups excluding carboxylic acids is 1. The number of hydrogen-bond donors (Lipinski definition) is 2. The lowest BCUT2D eigenvalue weighted by Crippen LogP contribution is -2.46. The van der Waals surface area contributed by atoms with Crippen molar-refractivity contribution in [1.29, 1.82) is 0 Å². The van der Waals surface area contributed by atoms with E-state index in [1.54, 1.807) is 7.05 Å². The lowest BCUT2D eigenvalue weighted by Gasteiger charge is -2.34. The maximum Gasteiger partial charge on any atom is 0.220 e. The summed E-state index contributed by atoms with van der Waals surface area (Å²) in [5.74, 6) is 2.55. The van der Waals surface area contributed by atoms with Crippen LogP contribution >= 0.6 is 24.0 Å². The van der Waals surface area contributed by atoms with Crippen LogP contribution in [-0.4, -0.2) is 75.5 Å². The van der Waals surface area contributed by atoms with Gasteiger partial charge in [0.15, 0.2) is 5.96 Å². The lowest BCUT2D eigenvalue weighted by molar-refractivity contribution is -0.121. The first-order chi connectivity index (χ1) is 11.6. The van der Waals surface area contributed by atoms with Crippen molar-refractivity contribution in [2.24, 2.45) is 16.8 Å². The average molecular weight is 465 g/mol. The molecule has 0 saturated carbocycles. The predicted molar refractivity (Wildman–Crippen MR) is 115 cm³/mol. The first-order valence-corrected chi connectivity index (χ1v) is 9.47. The number of rotatable bonds is 5. The molecular formula is C18H36IN5O. The molecule has 2 heterocycles. The molecule has 0 aromatic rings. The normalized spacial score (nSPS) is 20.9. The van der Waals surface area contributed by atoms with Gasteiger partial charge in [-0.25, -0.2) is 0 Å². The Bertz CT molecular complexity index is 416. The average Bonchev–Trinajstić information content (AvgIpc) is 2.61. The first kappa shape index (κ1) is 22.5. The molecule has 2 rings (SSSR count). The number of nitrogens with one attached hydrogen (secondary N) is 2. The van der Waals surface area contributed by atoms with Gasteiger partial charge >= 0.3 is 0 Å². The van der Waals surface area contributed by atoms with E-state index < -0.39 is 0 Å². The van der Waals surface area contributed by atoms with E-state index in [1.807, 2.05) is 7.05 Å². The molecule has 0 aromatic carbocycles. The van der Waals surface area contributed by atoms with E-state index in [2.05, 4.69) is 32.5 Å². The van der Waals surface area contributed by atoms with Gasteiger partial charge in [-0.2, -0.15) is 0 Å². The summed E-state index contributed by atoms with van der Waals surface area (Å²) >= 11 is 0. The zero-order chi connectivity index (χ0) is 17.4. The molecule has 2 N–H and O–H groups in total. The number of hydrogen-bond acceptors (Lipinski definition) is 3. The summed E-state index contributed by atoms with van der Waals surface area (Å²) in [6.07, 6.45) is 6.68. The number of carbonyl (C=O) groups is 1. The number of halogens is 1. The van der Waals surface area contributed by atoms with Gasteiger partial charge in [0.1, 0.15) is 0 Å². The Morgan fingerprint density at radius 3 is 2.24 bits per heavy atom. The van der Waals surface area contributed by atoms with Crippen LogP contribution in [0.4, 0.5) is 0 Å². The molecule has 2 fully saturated rings. The second-order valence-corrected chi connectivity index (χ2v) is 7.32. The van der Waals surface area contributed by atoms with Gasteiger partial charge in [0.25, 0.3) is 0 Å². The number of likely N-dealkylation sites (tertiary alicyclic amines) is 2. The van der Waals surface area contributed by atoms with Crippen molar-refractivity contribution in [3.8, 4) is 0 Å². The molecule has 25 heavy (non-hydrogen) atoms. The van der Waals surface area contributed by atoms with Crippen molar-refractivity contribution in [2.75, 3.05) is 53.9 Å². The van der Waals surface area contributed by atoms with E-state index >= 15 is 0 Å². The quantitative estimate of drug-likeness (QED) is 0.369. The Balaban J connectivity index is 0.00000312. The number of amides is 1. The fraction of sp³-hybridized carbons (Fsp3) is 0.889. The second kappa shape index (κ2) is 11.9. The first-order valence-electron chi connectivity index (χ1n) is 9.47. The fourth-order valence-electron chi connectivity index (χ4n) is 3.78. The molecule has 0 atom stereocenters. The van der Waals surface area contributed by atoms with Crippen molar-refractivity contribution in [3.63, 3.8) is 0 Å². The Kier molecular flexibility index (Phi) is 10.7. The van der Waals surface area contributed by atoms with E-state index in [1.165, 1.54) is 32.4 Å². The Hall–Kier alpha value is -0.570. The van der Waals surface area contributed by atoms with Crippen LogP contribution in [0, 0.1) is 11.8 Å². The van der Waals surface area contributed by atoms with Crippen molar-refractivity contribution in [1.82, 2.24) is 20.4 Å². The molecule has 146 valence electrons. The van der Waals surface area contributed by atoms with Gasteiger partial charge in [-0.3, -0.25) is 9.79 Å². The predicted octanol–water partition coefficient (Wildman–Crippen LogP) is 1.76.